The van der Waals surface area contributed by atoms with Crippen molar-refractivity contribution in [2.24, 2.45) is 0 Å². The number of carbonyl (C=O) groups is 2. The lowest BCUT2D eigenvalue weighted by molar-refractivity contribution is 0.101. The number of aliphatic hydroxyl groups excluding tert-OH is 1. The summed E-state index contributed by atoms with van der Waals surface area (Å²) in [5, 5.41) is 22.3. The molecule has 240 valence electrons. The number of allylic oxidation sites excluding steroid dienone is 2. The van der Waals surface area contributed by atoms with E-state index in [9.17, 15) is 24.6 Å². The van der Waals surface area contributed by atoms with E-state index in [0.29, 0.717) is 47.6 Å². The molecule has 9 nitrogen and oxygen atoms in total. The number of phenolic OH excluding ortho intramolecular Hbond substituents is 1. The first-order valence-corrected chi connectivity index (χ1v) is 15.3. The van der Waals surface area contributed by atoms with Gasteiger partial charge in [0.05, 0.1) is 36.2 Å². The maximum atomic E-state index is 13.9. The number of fused-ring (bicyclic) bond motifs is 1. The molecule has 0 spiro atoms. The number of phenols is 1. The van der Waals surface area contributed by atoms with Crippen molar-refractivity contribution in [1.82, 2.24) is 0 Å². The molecule has 2 N–H and O–H groups in total. The van der Waals surface area contributed by atoms with Gasteiger partial charge in [-0.15, -0.1) is 0 Å². The van der Waals surface area contributed by atoms with Crippen LogP contribution in [0.3, 0.4) is 0 Å². The third-order valence-corrected chi connectivity index (χ3v) is 7.65. The Morgan fingerprint density at radius 2 is 1.89 bits per heavy atom. The number of methoxy groups -OCH3 is 1. The molecule has 0 saturated carbocycles. The number of carbonyl (C=O) groups excluding carboxylic acids is 2. The Morgan fingerprint density at radius 1 is 1.13 bits per heavy atom. The van der Waals surface area contributed by atoms with Gasteiger partial charge >= 0.3 is 12.1 Å². The highest BCUT2D eigenvalue weighted by atomic mass is 32.1. The number of hydrogen-bond acceptors (Lipinski definition) is 10. The van der Waals surface area contributed by atoms with Crippen molar-refractivity contribution in [3.05, 3.63) is 110 Å². The average molecular weight is 645 g/mol. The van der Waals surface area contributed by atoms with E-state index in [1.807, 2.05) is 19.1 Å². The van der Waals surface area contributed by atoms with Gasteiger partial charge in [-0.05, 0) is 43.5 Å². The smallest absolute Gasteiger partial charge is 0.507 e. The van der Waals surface area contributed by atoms with Crippen molar-refractivity contribution in [2.45, 2.75) is 51.6 Å². The molecule has 0 saturated heterocycles. The molecule has 0 unspecified atom stereocenters. The number of benzene rings is 2. The highest BCUT2D eigenvalue weighted by Gasteiger charge is 2.30. The van der Waals surface area contributed by atoms with E-state index in [2.05, 4.69) is 4.74 Å². The van der Waals surface area contributed by atoms with Gasteiger partial charge in [-0.3, -0.25) is 9.59 Å². The molecule has 4 rings (SSSR count). The molecule has 0 bridgehead atoms. The number of ether oxygens (including phenoxy) is 3. The summed E-state index contributed by atoms with van der Waals surface area (Å²) in [6.07, 6.45) is 10.0. The van der Waals surface area contributed by atoms with E-state index in [1.54, 1.807) is 60.7 Å². The first-order chi connectivity index (χ1) is 22.2. The second-order valence-electron chi connectivity index (χ2n) is 10.6. The maximum absolute atomic E-state index is 13.9. The van der Waals surface area contributed by atoms with E-state index in [0.717, 1.165) is 13.5 Å². The summed E-state index contributed by atoms with van der Waals surface area (Å²) < 4.78 is 21.7. The van der Waals surface area contributed by atoms with E-state index < -0.39 is 29.6 Å². The van der Waals surface area contributed by atoms with Crippen molar-refractivity contribution < 1.29 is 38.4 Å². The number of hydrogen-bond donors (Lipinski definition) is 2. The summed E-state index contributed by atoms with van der Waals surface area (Å²) in [5.74, 6) is -1.12. The largest absolute Gasteiger partial charge is 0.516 e. The van der Waals surface area contributed by atoms with E-state index in [4.69, 9.17) is 26.1 Å². The second-order valence-corrected chi connectivity index (χ2v) is 11.1. The number of ketones is 1. The number of Topliss-reactive ketones (excluding diaryl/α,β-unsaturated/α-hetero) is 1. The van der Waals surface area contributed by atoms with Crippen LogP contribution in [0.4, 0.5) is 4.79 Å². The van der Waals surface area contributed by atoms with Gasteiger partial charge in [-0.2, -0.15) is 0 Å². The zero-order valence-electron chi connectivity index (χ0n) is 25.9. The van der Waals surface area contributed by atoms with Gasteiger partial charge in [0.25, 0.3) is 0 Å². The normalized spacial score (nSPS) is 13.9. The van der Waals surface area contributed by atoms with E-state index >= 15 is 0 Å². The zero-order chi connectivity index (χ0) is 33.2. The third kappa shape index (κ3) is 8.07. The molecule has 1 aliphatic rings. The SMILES string of the molecule is CCCc1c(OCC/C=C\C=C\[C@@H](c2c(OC(=O)OC)oc3c(c2=O)=CCC(=S)C=3)[C@@H](O)c2ccccc2)ccc(C(C)=O)c1O. The topological polar surface area (TPSA) is 132 Å². The first kappa shape index (κ1) is 34.1. The Labute approximate surface area is 271 Å². The van der Waals surface area contributed by atoms with Crippen molar-refractivity contribution in [1.29, 1.82) is 0 Å². The minimum absolute atomic E-state index is 0.0475. The molecule has 0 aliphatic heterocycles. The monoisotopic (exact) mass is 644 g/mol. The zero-order valence-corrected chi connectivity index (χ0v) is 26.7. The molecular weight excluding hydrogens is 608 g/mol. The Kier molecular flexibility index (Phi) is 11.8. The third-order valence-electron chi connectivity index (χ3n) is 7.36. The predicted octanol–water partition coefficient (Wildman–Crippen LogP) is 5.38. The van der Waals surface area contributed by atoms with Crippen LogP contribution in [0.15, 0.2) is 76.0 Å². The molecule has 1 aromatic heterocycles. The van der Waals surface area contributed by atoms with Crippen LogP contribution in [-0.2, 0) is 11.2 Å². The van der Waals surface area contributed by atoms with E-state index in [1.165, 1.54) is 13.0 Å². The van der Waals surface area contributed by atoms with Gasteiger partial charge in [-0.25, -0.2) is 4.79 Å². The van der Waals surface area contributed by atoms with Crippen LogP contribution in [0.1, 0.15) is 72.2 Å². The molecule has 0 fully saturated rings. The summed E-state index contributed by atoms with van der Waals surface area (Å²) in [6.45, 7) is 3.69. The van der Waals surface area contributed by atoms with Crippen LogP contribution in [0.2, 0.25) is 0 Å². The molecular formula is C36H36O9S. The molecule has 46 heavy (non-hydrogen) atoms. The first-order valence-electron chi connectivity index (χ1n) is 14.9. The van der Waals surface area contributed by atoms with Crippen LogP contribution in [0.25, 0.3) is 12.2 Å². The van der Waals surface area contributed by atoms with Gasteiger partial charge in [-0.1, -0.05) is 86.3 Å². The molecule has 0 amide bonds. The van der Waals surface area contributed by atoms with Crippen molar-refractivity contribution in [3.63, 3.8) is 0 Å². The van der Waals surface area contributed by atoms with Gasteiger partial charge in [0, 0.05) is 22.8 Å². The lowest BCUT2D eigenvalue weighted by Crippen LogP contribution is -2.44. The van der Waals surface area contributed by atoms with Gasteiger partial charge in [0.2, 0.25) is 0 Å². The fraction of sp³-hybridized carbons (Fsp3) is 0.278. The Balaban J connectivity index is 1.62. The summed E-state index contributed by atoms with van der Waals surface area (Å²) in [7, 11) is 1.13. The average Bonchev–Trinajstić information content (AvgIpc) is 3.04. The van der Waals surface area contributed by atoms with Crippen LogP contribution in [-0.4, -0.2) is 40.7 Å². The molecule has 2 atom stereocenters. The predicted molar refractivity (Wildman–Crippen MR) is 178 cm³/mol. The van der Waals surface area contributed by atoms with Gasteiger partial charge in [0.15, 0.2) is 11.2 Å². The van der Waals surface area contributed by atoms with Gasteiger partial charge in [0.1, 0.15) is 16.9 Å². The van der Waals surface area contributed by atoms with Crippen LogP contribution < -0.4 is 25.5 Å². The second kappa shape index (κ2) is 16.0. The quantitative estimate of drug-likeness (QED) is 0.0822. The number of rotatable bonds is 13. The van der Waals surface area contributed by atoms with E-state index in [-0.39, 0.29) is 33.3 Å². The van der Waals surface area contributed by atoms with Gasteiger partial charge < -0.3 is 28.8 Å². The molecule has 3 aromatic rings. The highest BCUT2D eigenvalue weighted by molar-refractivity contribution is 7.81. The Bertz CT molecular complexity index is 1840. The van der Waals surface area contributed by atoms with Crippen molar-refractivity contribution in [3.8, 4) is 17.4 Å². The number of aromatic hydroxyl groups is 1. The summed E-state index contributed by atoms with van der Waals surface area (Å²) in [4.78, 5) is 38.4. The van der Waals surface area contributed by atoms with Crippen LogP contribution in [0.5, 0.6) is 17.4 Å². The Morgan fingerprint density at radius 3 is 2.59 bits per heavy atom. The standard InChI is InChI=1S/C36H36O9S/c1-4-12-26-29(19-18-25(22(2)37)33(26)39)43-20-11-6-5-10-15-28(32(38)23-13-8-7-9-14-23)31-34(40)27-17-16-24(46)21-30(27)44-35(31)45-36(41)42-3/h5-10,13-15,17-19,21,28,32,38-39H,4,11-12,16,20H2,1-3H3/b6-5-,15-10+/t28-,32-/m0/s1. The van der Waals surface area contributed by atoms with Crippen LogP contribution in [0, 0.1) is 0 Å². The highest BCUT2D eigenvalue weighted by Crippen LogP contribution is 2.35. The fourth-order valence-corrected chi connectivity index (χ4v) is 5.28. The number of aliphatic hydroxyl groups is 1. The number of thiocarbonyl (C=S) groups is 1. The fourth-order valence-electron chi connectivity index (χ4n) is 5.09. The van der Waals surface area contributed by atoms with Crippen molar-refractivity contribution in [2.75, 3.05) is 13.7 Å². The molecule has 1 aliphatic carbocycles. The Hall–Kier alpha value is -4.80. The lowest BCUT2D eigenvalue weighted by atomic mass is 9.88. The molecule has 0 radical (unpaired) electrons. The van der Waals surface area contributed by atoms with Crippen molar-refractivity contribution >= 4 is 41.2 Å². The molecule has 1 heterocycles. The minimum Gasteiger partial charge on any atom is -0.507 e. The maximum Gasteiger partial charge on any atom is 0.516 e. The lowest BCUT2D eigenvalue weighted by Gasteiger charge is -2.21. The minimum atomic E-state index is -1.20. The molecule has 10 heteroatoms. The van der Waals surface area contributed by atoms with Crippen LogP contribution >= 0.6 is 12.2 Å². The molecule has 2 aromatic carbocycles. The summed E-state index contributed by atoms with van der Waals surface area (Å²) >= 11 is 5.26. The summed E-state index contributed by atoms with van der Waals surface area (Å²) in [6, 6.07) is 12.1. The summed E-state index contributed by atoms with van der Waals surface area (Å²) in [5.41, 5.74) is 1.04.